The van der Waals surface area contributed by atoms with Crippen LogP contribution in [0.5, 0.6) is 0 Å². The number of carbonyl (C=O) groups is 1. The Kier molecular flexibility index (Phi) is 5.78. The fourth-order valence-electron chi connectivity index (χ4n) is 3.15. The Morgan fingerprint density at radius 2 is 2.00 bits per heavy atom. The van der Waals surface area contributed by atoms with E-state index in [9.17, 15) is 18.0 Å². The standard InChI is InChI=1S/C18H25F3N2O/c1-13(2)23(16-9-5-4-7-14(16)3)12-17(24)22-10-6-8-15(11-22)18(19,20)21/h4-5,7,9,13,15H,6,8,10-12H2,1-3H3. The van der Waals surface area contributed by atoms with Gasteiger partial charge in [-0.05, 0) is 45.2 Å². The van der Waals surface area contributed by atoms with E-state index in [0.29, 0.717) is 13.0 Å². The fourth-order valence-corrected chi connectivity index (χ4v) is 3.15. The number of carbonyl (C=O) groups excluding carboxylic acids is 1. The highest BCUT2D eigenvalue weighted by atomic mass is 19.4. The molecule has 1 aromatic carbocycles. The van der Waals surface area contributed by atoms with Gasteiger partial charge in [0.15, 0.2) is 0 Å². The van der Waals surface area contributed by atoms with Gasteiger partial charge in [0.25, 0.3) is 0 Å². The molecule has 1 aromatic rings. The summed E-state index contributed by atoms with van der Waals surface area (Å²) in [6.07, 6.45) is -3.71. The van der Waals surface area contributed by atoms with Gasteiger partial charge < -0.3 is 9.80 Å². The first-order chi connectivity index (χ1) is 11.2. The summed E-state index contributed by atoms with van der Waals surface area (Å²) in [4.78, 5) is 15.9. The van der Waals surface area contributed by atoms with Crippen LogP contribution in [0.4, 0.5) is 18.9 Å². The van der Waals surface area contributed by atoms with Gasteiger partial charge in [-0.15, -0.1) is 0 Å². The summed E-state index contributed by atoms with van der Waals surface area (Å²) in [5.74, 6) is -1.64. The monoisotopic (exact) mass is 342 g/mol. The van der Waals surface area contributed by atoms with Crippen molar-refractivity contribution in [3.05, 3.63) is 29.8 Å². The van der Waals surface area contributed by atoms with Crippen molar-refractivity contribution in [2.75, 3.05) is 24.5 Å². The molecule has 0 radical (unpaired) electrons. The molecule has 0 spiro atoms. The number of likely N-dealkylation sites (tertiary alicyclic amines) is 1. The van der Waals surface area contributed by atoms with Crippen molar-refractivity contribution >= 4 is 11.6 Å². The molecule has 0 saturated carbocycles. The van der Waals surface area contributed by atoms with E-state index >= 15 is 0 Å². The molecule has 2 rings (SSSR count). The second-order valence-electron chi connectivity index (χ2n) is 6.73. The molecule has 1 unspecified atom stereocenters. The molecule has 134 valence electrons. The molecule has 1 aliphatic heterocycles. The molecule has 1 heterocycles. The van der Waals surface area contributed by atoms with Crippen LogP contribution >= 0.6 is 0 Å². The van der Waals surface area contributed by atoms with Crippen molar-refractivity contribution < 1.29 is 18.0 Å². The normalized spacial score (nSPS) is 18.8. The third-order valence-corrected chi connectivity index (χ3v) is 4.59. The van der Waals surface area contributed by atoms with Crippen LogP contribution in [0.15, 0.2) is 24.3 Å². The van der Waals surface area contributed by atoms with E-state index in [4.69, 9.17) is 0 Å². The highest BCUT2D eigenvalue weighted by Crippen LogP contribution is 2.33. The predicted octanol–water partition coefficient (Wildman–Crippen LogP) is 4.01. The minimum atomic E-state index is -4.23. The maximum absolute atomic E-state index is 12.9. The van der Waals surface area contributed by atoms with Crippen molar-refractivity contribution in [2.45, 2.75) is 45.8 Å². The van der Waals surface area contributed by atoms with Gasteiger partial charge in [0.2, 0.25) is 5.91 Å². The second kappa shape index (κ2) is 7.45. The van der Waals surface area contributed by atoms with Crippen molar-refractivity contribution in [2.24, 2.45) is 5.92 Å². The number of rotatable bonds is 4. The summed E-state index contributed by atoms with van der Waals surface area (Å²) in [6.45, 7) is 6.22. The summed E-state index contributed by atoms with van der Waals surface area (Å²) >= 11 is 0. The number of para-hydroxylation sites is 1. The Morgan fingerprint density at radius 1 is 1.33 bits per heavy atom. The number of aryl methyl sites for hydroxylation is 1. The van der Waals surface area contributed by atoms with Crippen LogP contribution in [-0.2, 0) is 4.79 Å². The van der Waals surface area contributed by atoms with Gasteiger partial charge in [-0.3, -0.25) is 4.79 Å². The van der Waals surface area contributed by atoms with Crippen LogP contribution in [0, 0.1) is 12.8 Å². The van der Waals surface area contributed by atoms with Crippen LogP contribution in [0.1, 0.15) is 32.3 Å². The average Bonchev–Trinajstić information content (AvgIpc) is 2.52. The van der Waals surface area contributed by atoms with Crippen molar-refractivity contribution in [1.82, 2.24) is 4.90 Å². The van der Waals surface area contributed by atoms with E-state index in [1.165, 1.54) is 4.90 Å². The lowest BCUT2D eigenvalue weighted by molar-refractivity contribution is -0.187. The van der Waals surface area contributed by atoms with Gasteiger partial charge in [-0.2, -0.15) is 13.2 Å². The second-order valence-corrected chi connectivity index (χ2v) is 6.73. The summed E-state index contributed by atoms with van der Waals surface area (Å²) in [5.41, 5.74) is 2.00. The molecule has 1 amide bonds. The number of amides is 1. The van der Waals surface area contributed by atoms with Crippen molar-refractivity contribution in [3.63, 3.8) is 0 Å². The number of halogens is 3. The average molecular weight is 342 g/mol. The lowest BCUT2D eigenvalue weighted by atomic mass is 9.97. The van der Waals surface area contributed by atoms with E-state index in [-0.39, 0.29) is 31.5 Å². The quantitative estimate of drug-likeness (QED) is 0.825. The summed E-state index contributed by atoms with van der Waals surface area (Å²) < 4.78 is 38.8. The molecule has 1 atom stereocenters. The third-order valence-electron chi connectivity index (χ3n) is 4.59. The zero-order valence-electron chi connectivity index (χ0n) is 14.4. The van der Waals surface area contributed by atoms with Crippen molar-refractivity contribution in [3.8, 4) is 0 Å². The third kappa shape index (κ3) is 4.42. The largest absolute Gasteiger partial charge is 0.393 e. The minimum absolute atomic E-state index is 0.0817. The van der Waals surface area contributed by atoms with Crippen LogP contribution in [0.25, 0.3) is 0 Å². The van der Waals surface area contributed by atoms with Gasteiger partial charge >= 0.3 is 6.18 Å². The van der Waals surface area contributed by atoms with Gasteiger partial charge in [0.1, 0.15) is 0 Å². The first-order valence-electron chi connectivity index (χ1n) is 8.37. The van der Waals surface area contributed by atoms with Gasteiger partial charge in [0, 0.05) is 24.8 Å². The summed E-state index contributed by atoms with van der Waals surface area (Å²) in [6, 6.07) is 7.83. The predicted molar refractivity (Wildman–Crippen MR) is 89.0 cm³/mol. The number of nitrogens with zero attached hydrogens (tertiary/aromatic N) is 2. The maximum Gasteiger partial charge on any atom is 0.393 e. The summed E-state index contributed by atoms with van der Waals surface area (Å²) in [5, 5.41) is 0. The smallest absolute Gasteiger partial charge is 0.360 e. The Labute approximate surface area is 141 Å². The molecule has 3 nitrogen and oxygen atoms in total. The number of hydrogen-bond acceptors (Lipinski definition) is 2. The number of hydrogen-bond donors (Lipinski definition) is 0. The number of piperidine rings is 1. The summed E-state index contributed by atoms with van der Waals surface area (Å²) in [7, 11) is 0. The van der Waals surface area contributed by atoms with Gasteiger partial charge in [-0.1, -0.05) is 18.2 Å². The molecule has 24 heavy (non-hydrogen) atoms. The molecule has 1 aliphatic rings. The molecule has 0 aliphatic carbocycles. The zero-order chi connectivity index (χ0) is 17.9. The molecular formula is C18H25F3N2O. The molecule has 1 fully saturated rings. The maximum atomic E-state index is 12.9. The van der Waals surface area contributed by atoms with Crippen molar-refractivity contribution in [1.29, 1.82) is 0 Å². The number of alkyl halides is 3. The Hall–Kier alpha value is -1.72. The molecule has 6 heteroatoms. The van der Waals surface area contributed by atoms with Crippen LogP contribution in [0.2, 0.25) is 0 Å². The SMILES string of the molecule is Cc1ccccc1N(CC(=O)N1CCCC(C(F)(F)F)C1)C(C)C. The molecule has 0 N–H and O–H groups in total. The highest BCUT2D eigenvalue weighted by Gasteiger charge is 2.42. The van der Waals surface area contributed by atoms with E-state index in [0.717, 1.165) is 11.3 Å². The Morgan fingerprint density at radius 3 is 2.58 bits per heavy atom. The van der Waals surface area contributed by atoms with E-state index < -0.39 is 12.1 Å². The highest BCUT2D eigenvalue weighted by molar-refractivity contribution is 5.82. The van der Waals surface area contributed by atoms with E-state index in [2.05, 4.69) is 0 Å². The van der Waals surface area contributed by atoms with Crippen LogP contribution in [0.3, 0.4) is 0 Å². The molecule has 1 saturated heterocycles. The Balaban J connectivity index is 2.10. The Bertz CT molecular complexity index is 572. The number of benzene rings is 1. The van der Waals surface area contributed by atoms with Gasteiger partial charge in [-0.25, -0.2) is 0 Å². The molecular weight excluding hydrogens is 317 g/mol. The van der Waals surface area contributed by atoms with E-state index in [1.807, 2.05) is 49.9 Å². The molecule has 0 bridgehead atoms. The lowest BCUT2D eigenvalue weighted by Gasteiger charge is -2.36. The molecule has 0 aromatic heterocycles. The van der Waals surface area contributed by atoms with Crippen LogP contribution < -0.4 is 4.90 Å². The zero-order valence-corrected chi connectivity index (χ0v) is 14.4. The number of anilines is 1. The first kappa shape index (κ1) is 18.6. The minimum Gasteiger partial charge on any atom is -0.360 e. The fraction of sp³-hybridized carbons (Fsp3) is 0.611. The lowest BCUT2D eigenvalue weighted by Crippen LogP contribution is -2.49. The topological polar surface area (TPSA) is 23.6 Å². The van der Waals surface area contributed by atoms with Crippen LogP contribution in [-0.4, -0.2) is 42.7 Å². The van der Waals surface area contributed by atoms with E-state index in [1.54, 1.807) is 0 Å². The van der Waals surface area contributed by atoms with Gasteiger partial charge in [0.05, 0.1) is 12.5 Å². The first-order valence-corrected chi connectivity index (χ1v) is 8.37.